The van der Waals surface area contributed by atoms with Crippen molar-refractivity contribution in [1.82, 2.24) is 15.1 Å². The molecule has 2 aliphatic rings. The molecule has 0 N–H and O–H groups in total. The Morgan fingerprint density at radius 3 is 2.36 bits per heavy atom. The molecule has 0 radical (unpaired) electrons. The highest BCUT2D eigenvalue weighted by atomic mass is 16.2. The van der Waals surface area contributed by atoms with E-state index in [1.807, 2.05) is 18.2 Å². The van der Waals surface area contributed by atoms with Gasteiger partial charge in [-0.25, -0.2) is 0 Å². The summed E-state index contributed by atoms with van der Waals surface area (Å²) in [5, 5.41) is 8.13. The van der Waals surface area contributed by atoms with Crippen molar-refractivity contribution in [3.63, 3.8) is 0 Å². The molecule has 2 heterocycles. The SMILES string of the molecule is O=C(N1CCN(c2cccnn2)CC1)C1(Cc2ccccc2)CCC1. The van der Waals surface area contributed by atoms with Crippen molar-refractivity contribution in [1.29, 1.82) is 0 Å². The van der Waals surface area contributed by atoms with Crippen molar-refractivity contribution >= 4 is 11.7 Å². The van der Waals surface area contributed by atoms with Gasteiger partial charge in [-0.2, -0.15) is 5.10 Å². The molecule has 2 aromatic rings. The van der Waals surface area contributed by atoms with Gasteiger partial charge in [0.2, 0.25) is 5.91 Å². The highest BCUT2D eigenvalue weighted by Crippen LogP contribution is 2.45. The topological polar surface area (TPSA) is 49.3 Å². The van der Waals surface area contributed by atoms with Crippen LogP contribution in [0.1, 0.15) is 24.8 Å². The van der Waals surface area contributed by atoms with Crippen LogP contribution in [0, 0.1) is 5.41 Å². The molecule has 1 aromatic carbocycles. The van der Waals surface area contributed by atoms with Gasteiger partial charge in [-0.05, 0) is 37.0 Å². The smallest absolute Gasteiger partial charge is 0.229 e. The number of piperazine rings is 1. The molecule has 5 heteroatoms. The first-order valence-electron chi connectivity index (χ1n) is 9.13. The maximum absolute atomic E-state index is 13.2. The predicted molar refractivity (Wildman–Crippen MR) is 97.3 cm³/mol. The standard InChI is InChI=1S/C20H24N4O/c25-19(20(9-5-10-20)16-17-6-2-1-3-7-17)24-14-12-23(13-15-24)18-8-4-11-21-22-18/h1-4,6-8,11H,5,9-10,12-16H2. The molecule has 5 nitrogen and oxygen atoms in total. The van der Waals surface area contributed by atoms with Crippen molar-refractivity contribution in [3.8, 4) is 0 Å². The second kappa shape index (κ2) is 6.82. The molecule has 1 amide bonds. The average Bonchev–Trinajstić information content (AvgIpc) is 2.66. The third-order valence-corrected chi connectivity index (χ3v) is 5.60. The fourth-order valence-corrected chi connectivity index (χ4v) is 3.99. The van der Waals surface area contributed by atoms with Gasteiger partial charge in [-0.1, -0.05) is 36.8 Å². The second-order valence-corrected chi connectivity index (χ2v) is 7.16. The highest BCUT2D eigenvalue weighted by Gasteiger charge is 2.46. The van der Waals surface area contributed by atoms with Crippen molar-refractivity contribution in [2.24, 2.45) is 5.41 Å². The van der Waals surface area contributed by atoms with E-state index < -0.39 is 0 Å². The van der Waals surface area contributed by atoms with E-state index in [1.54, 1.807) is 6.20 Å². The molecule has 4 rings (SSSR count). The Bertz CT molecular complexity index is 707. The molecule has 0 atom stereocenters. The van der Waals surface area contributed by atoms with Crippen LogP contribution in [0.5, 0.6) is 0 Å². The van der Waals surface area contributed by atoms with Crippen LogP contribution in [-0.2, 0) is 11.2 Å². The maximum atomic E-state index is 13.2. The summed E-state index contributed by atoms with van der Waals surface area (Å²) in [5.41, 5.74) is 1.10. The molecule has 1 aromatic heterocycles. The van der Waals surface area contributed by atoms with Crippen LogP contribution in [0.3, 0.4) is 0 Å². The van der Waals surface area contributed by atoms with Crippen LogP contribution in [0.2, 0.25) is 0 Å². The van der Waals surface area contributed by atoms with Crippen LogP contribution in [0.4, 0.5) is 5.82 Å². The van der Waals surface area contributed by atoms with Gasteiger partial charge in [0.25, 0.3) is 0 Å². The molecular formula is C20H24N4O. The van der Waals surface area contributed by atoms with Gasteiger partial charge in [0.05, 0.1) is 5.41 Å². The lowest BCUT2D eigenvalue weighted by molar-refractivity contribution is -0.147. The minimum atomic E-state index is -0.171. The van der Waals surface area contributed by atoms with Crippen molar-refractivity contribution in [2.75, 3.05) is 31.1 Å². The summed E-state index contributed by atoms with van der Waals surface area (Å²) in [5.74, 6) is 1.25. The first-order valence-corrected chi connectivity index (χ1v) is 9.13. The zero-order chi connectivity index (χ0) is 17.1. The van der Waals surface area contributed by atoms with Crippen molar-refractivity contribution in [2.45, 2.75) is 25.7 Å². The molecular weight excluding hydrogens is 312 g/mol. The lowest BCUT2D eigenvalue weighted by atomic mass is 9.64. The van der Waals surface area contributed by atoms with Crippen LogP contribution in [-0.4, -0.2) is 47.2 Å². The fourth-order valence-electron chi connectivity index (χ4n) is 3.99. The van der Waals surface area contributed by atoms with Crippen molar-refractivity contribution in [3.05, 3.63) is 54.2 Å². The predicted octanol–water partition coefficient (Wildman–Crippen LogP) is 2.54. The molecule has 0 spiro atoms. The van der Waals surface area contributed by atoms with Gasteiger partial charge in [0, 0.05) is 32.4 Å². The van der Waals surface area contributed by atoms with Crippen LogP contribution in [0.25, 0.3) is 0 Å². The van der Waals surface area contributed by atoms with Crippen LogP contribution in [0.15, 0.2) is 48.7 Å². The van der Waals surface area contributed by atoms with Crippen molar-refractivity contribution < 1.29 is 4.79 Å². The Labute approximate surface area is 148 Å². The van der Waals surface area contributed by atoms with E-state index in [0.29, 0.717) is 5.91 Å². The number of nitrogens with zero attached hydrogens (tertiary/aromatic N) is 4. The Kier molecular flexibility index (Phi) is 4.38. The summed E-state index contributed by atoms with van der Waals surface area (Å²) in [4.78, 5) is 17.5. The number of rotatable bonds is 4. The number of anilines is 1. The summed E-state index contributed by atoms with van der Waals surface area (Å²) < 4.78 is 0. The molecule has 1 aliphatic heterocycles. The first-order chi connectivity index (χ1) is 12.3. The van der Waals surface area contributed by atoms with Gasteiger partial charge in [0.1, 0.15) is 0 Å². The Morgan fingerprint density at radius 1 is 1.00 bits per heavy atom. The third-order valence-electron chi connectivity index (χ3n) is 5.60. The molecule has 0 bridgehead atoms. The molecule has 1 saturated heterocycles. The minimum Gasteiger partial charge on any atom is -0.352 e. The summed E-state index contributed by atoms with van der Waals surface area (Å²) in [6, 6.07) is 14.3. The number of aromatic nitrogens is 2. The lowest BCUT2D eigenvalue weighted by Gasteiger charge is -2.46. The maximum Gasteiger partial charge on any atom is 0.229 e. The monoisotopic (exact) mass is 336 g/mol. The normalized spacial score (nSPS) is 19.4. The number of carbonyl (C=O) groups is 1. The summed E-state index contributed by atoms with van der Waals surface area (Å²) in [7, 11) is 0. The molecule has 1 aliphatic carbocycles. The zero-order valence-electron chi connectivity index (χ0n) is 14.5. The van der Waals surface area contributed by atoms with E-state index >= 15 is 0 Å². The van der Waals surface area contributed by atoms with Gasteiger partial charge in [0.15, 0.2) is 5.82 Å². The summed E-state index contributed by atoms with van der Waals surface area (Å²) >= 11 is 0. The minimum absolute atomic E-state index is 0.171. The van der Waals surface area contributed by atoms with E-state index in [2.05, 4.69) is 44.3 Å². The average molecular weight is 336 g/mol. The number of amides is 1. The van der Waals surface area contributed by atoms with Crippen LogP contribution >= 0.6 is 0 Å². The second-order valence-electron chi connectivity index (χ2n) is 7.16. The lowest BCUT2D eigenvalue weighted by Crippen LogP contribution is -2.55. The van der Waals surface area contributed by atoms with E-state index in [-0.39, 0.29) is 5.41 Å². The fraction of sp³-hybridized carbons (Fsp3) is 0.450. The van der Waals surface area contributed by atoms with E-state index in [4.69, 9.17) is 0 Å². The Morgan fingerprint density at radius 2 is 1.76 bits per heavy atom. The molecule has 25 heavy (non-hydrogen) atoms. The number of benzene rings is 1. The number of carbonyl (C=O) groups excluding carboxylic acids is 1. The molecule has 0 unspecified atom stereocenters. The Balaban J connectivity index is 1.41. The quantitative estimate of drug-likeness (QED) is 0.861. The van der Waals surface area contributed by atoms with E-state index in [0.717, 1.165) is 57.7 Å². The number of hydrogen-bond acceptors (Lipinski definition) is 4. The van der Waals surface area contributed by atoms with E-state index in [9.17, 15) is 4.79 Å². The number of hydrogen-bond donors (Lipinski definition) is 0. The molecule has 130 valence electrons. The van der Waals surface area contributed by atoms with E-state index in [1.165, 1.54) is 5.56 Å². The van der Waals surface area contributed by atoms with Gasteiger partial charge >= 0.3 is 0 Å². The van der Waals surface area contributed by atoms with Crippen LogP contribution < -0.4 is 4.90 Å². The molecule has 1 saturated carbocycles. The highest BCUT2D eigenvalue weighted by molar-refractivity contribution is 5.84. The summed E-state index contributed by atoms with van der Waals surface area (Å²) in [6.45, 7) is 3.19. The first kappa shape index (κ1) is 16.1. The molecule has 2 fully saturated rings. The zero-order valence-corrected chi connectivity index (χ0v) is 14.5. The Hall–Kier alpha value is -2.43. The van der Waals surface area contributed by atoms with Gasteiger partial charge in [-0.15, -0.1) is 5.10 Å². The van der Waals surface area contributed by atoms with Gasteiger partial charge < -0.3 is 9.80 Å². The summed E-state index contributed by atoms with van der Waals surface area (Å²) in [6.07, 6.45) is 5.76. The largest absolute Gasteiger partial charge is 0.352 e. The third kappa shape index (κ3) is 3.23. The van der Waals surface area contributed by atoms with Gasteiger partial charge in [-0.3, -0.25) is 4.79 Å².